The van der Waals surface area contributed by atoms with Crippen molar-refractivity contribution >= 4 is 27.3 Å². The van der Waals surface area contributed by atoms with Crippen LogP contribution >= 0.6 is 0 Å². The lowest BCUT2D eigenvalue weighted by atomic mass is 10.2. The van der Waals surface area contributed by atoms with Gasteiger partial charge in [-0.3, -0.25) is 19.8 Å². The van der Waals surface area contributed by atoms with Gasteiger partial charge in [0.2, 0.25) is 15.9 Å². The zero-order chi connectivity index (χ0) is 18.0. The van der Waals surface area contributed by atoms with Crippen molar-refractivity contribution in [2.24, 2.45) is 0 Å². The van der Waals surface area contributed by atoms with Crippen LogP contribution in [0, 0.1) is 10.1 Å². The molecule has 1 heterocycles. The van der Waals surface area contributed by atoms with Crippen LogP contribution < -0.4 is 5.32 Å². The predicted molar refractivity (Wildman–Crippen MR) is 91.7 cm³/mol. The second-order valence-electron chi connectivity index (χ2n) is 6.28. The number of nitro groups is 1. The van der Waals surface area contributed by atoms with E-state index < -0.39 is 14.9 Å². The number of non-ortho nitro benzene ring substituents is 1. The molecule has 1 N–H and O–H groups in total. The zero-order valence-corrected chi connectivity index (χ0v) is 14.4. The number of carbonyl (C=O) groups is 1. The molecule has 136 valence electrons. The minimum Gasteiger partial charge on any atom is -0.325 e. The van der Waals surface area contributed by atoms with Gasteiger partial charge in [-0.2, -0.15) is 4.31 Å². The van der Waals surface area contributed by atoms with E-state index in [-0.39, 0.29) is 23.4 Å². The number of nitrogens with zero attached hydrogens (tertiary/aromatic N) is 3. The number of hydrogen-bond donors (Lipinski definition) is 1. The zero-order valence-electron chi connectivity index (χ0n) is 13.6. The third-order valence-electron chi connectivity index (χ3n) is 4.34. The molecule has 0 unspecified atom stereocenters. The van der Waals surface area contributed by atoms with Crippen molar-refractivity contribution in [1.82, 2.24) is 9.21 Å². The summed E-state index contributed by atoms with van der Waals surface area (Å²) in [6.07, 6.45) is 1.49. The predicted octanol–water partition coefficient (Wildman–Crippen LogP) is 0.643. The number of sulfonamides is 1. The van der Waals surface area contributed by atoms with Crippen LogP contribution in [0.5, 0.6) is 0 Å². The van der Waals surface area contributed by atoms with E-state index in [9.17, 15) is 23.3 Å². The molecular formula is C15H20N4O5S. The Morgan fingerprint density at radius 2 is 1.92 bits per heavy atom. The fraction of sp³-hybridized carbons (Fsp3) is 0.533. The summed E-state index contributed by atoms with van der Waals surface area (Å²) in [6.45, 7) is 1.90. The molecule has 1 aliphatic heterocycles. The van der Waals surface area contributed by atoms with E-state index in [1.165, 1.54) is 22.5 Å². The van der Waals surface area contributed by atoms with Crippen molar-refractivity contribution in [3.05, 3.63) is 34.4 Å². The number of amides is 1. The molecule has 0 aromatic heterocycles. The lowest BCUT2D eigenvalue weighted by Gasteiger charge is -2.33. The molecule has 10 heteroatoms. The van der Waals surface area contributed by atoms with Crippen LogP contribution in [0.1, 0.15) is 12.8 Å². The standard InChI is InChI=1S/C15H20N4O5S/c20-15(16-12-2-1-3-13(10-12)19(21)22)11-17-6-8-18(9-7-17)25(23,24)14-4-5-14/h1-3,10,14H,4-9,11H2,(H,16,20). The Balaban J connectivity index is 1.49. The molecule has 0 bridgehead atoms. The maximum absolute atomic E-state index is 12.2. The number of piperazine rings is 1. The minimum atomic E-state index is -3.16. The molecule has 0 spiro atoms. The minimum absolute atomic E-state index is 0.0864. The van der Waals surface area contributed by atoms with Crippen molar-refractivity contribution in [2.45, 2.75) is 18.1 Å². The maximum Gasteiger partial charge on any atom is 0.271 e. The Labute approximate surface area is 145 Å². The van der Waals surface area contributed by atoms with Gasteiger partial charge in [-0.1, -0.05) is 6.07 Å². The van der Waals surface area contributed by atoms with Gasteiger partial charge in [-0.05, 0) is 18.9 Å². The SMILES string of the molecule is O=C(CN1CCN(S(=O)(=O)C2CC2)CC1)Nc1cccc([N+](=O)[O-])c1. The molecule has 25 heavy (non-hydrogen) atoms. The molecule has 0 atom stereocenters. The average molecular weight is 368 g/mol. The van der Waals surface area contributed by atoms with Crippen molar-refractivity contribution in [3.8, 4) is 0 Å². The van der Waals surface area contributed by atoms with Gasteiger partial charge in [0.05, 0.1) is 16.7 Å². The Bertz CT molecular complexity index is 770. The third-order valence-corrected chi connectivity index (χ3v) is 6.74. The molecule has 1 saturated carbocycles. The topological polar surface area (TPSA) is 113 Å². The smallest absolute Gasteiger partial charge is 0.271 e. The van der Waals surface area contributed by atoms with Gasteiger partial charge in [-0.25, -0.2) is 8.42 Å². The Morgan fingerprint density at radius 3 is 2.52 bits per heavy atom. The molecule has 9 nitrogen and oxygen atoms in total. The number of anilines is 1. The second kappa shape index (κ2) is 7.06. The van der Waals surface area contributed by atoms with Gasteiger partial charge in [0.25, 0.3) is 5.69 Å². The first-order valence-corrected chi connectivity index (χ1v) is 9.62. The highest BCUT2D eigenvalue weighted by Crippen LogP contribution is 2.31. The fourth-order valence-corrected chi connectivity index (χ4v) is 4.65. The van der Waals surface area contributed by atoms with Gasteiger partial charge in [0.15, 0.2) is 0 Å². The van der Waals surface area contributed by atoms with E-state index >= 15 is 0 Å². The van der Waals surface area contributed by atoms with E-state index in [0.29, 0.717) is 31.9 Å². The van der Waals surface area contributed by atoms with Crippen LogP contribution in [-0.4, -0.2) is 66.4 Å². The van der Waals surface area contributed by atoms with Crippen molar-refractivity contribution < 1.29 is 18.1 Å². The first-order chi connectivity index (χ1) is 11.9. The van der Waals surface area contributed by atoms with E-state index in [2.05, 4.69) is 5.32 Å². The summed E-state index contributed by atoms with van der Waals surface area (Å²) in [5.41, 5.74) is 0.283. The molecule has 2 aliphatic rings. The Hall–Kier alpha value is -2.04. The Morgan fingerprint density at radius 1 is 1.24 bits per heavy atom. The van der Waals surface area contributed by atoms with E-state index in [1.807, 2.05) is 4.90 Å². The van der Waals surface area contributed by atoms with Crippen LogP contribution in [-0.2, 0) is 14.8 Å². The molecule has 1 amide bonds. The molecule has 2 fully saturated rings. The van der Waals surface area contributed by atoms with Gasteiger partial charge < -0.3 is 5.32 Å². The number of carbonyl (C=O) groups excluding carboxylic acids is 1. The lowest BCUT2D eigenvalue weighted by Crippen LogP contribution is -2.51. The highest BCUT2D eigenvalue weighted by atomic mass is 32.2. The van der Waals surface area contributed by atoms with Gasteiger partial charge in [0, 0.05) is 44.0 Å². The van der Waals surface area contributed by atoms with Crippen molar-refractivity contribution in [3.63, 3.8) is 0 Å². The lowest BCUT2D eigenvalue weighted by molar-refractivity contribution is -0.384. The second-order valence-corrected chi connectivity index (χ2v) is 8.49. The quantitative estimate of drug-likeness (QED) is 0.582. The molecule has 1 aliphatic carbocycles. The summed E-state index contributed by atoms with van der Waals surface area (Å²) >= 11 is 0. The van der Waals surface area contributed by atoms with Crippen LogP contribution in [0.25, 0.3) is 0 Å². The van der Waals surface area contributed by atoms with Gasteiger partial charge >= 0.3 is 0 Å². The van der Waals surface area contributed by atoms with E-state index in [4.69, 9.17) is 0 Å². The summed E-state index contributed by atoms with van der Waals surface area (Å²) in [4.78, 5) is 24.2. The fourth-order valence-electron chi connectivity index (χ4n) is 2.82. The number of nitro benzene ring substituents is 1. The average Bonchev–Trinajstić information content (AvgIpc) is 3.41. The van der Waals surface area contributed by atoms with E-state index in [0.717, 1.165) is 12.8 Å². The molecule has 3 rings (SSSR count). The summed E-state index contributed by atoms with van der Waals surface area (Å²) in [6, 6.07) is 5.76. The summed E-state index contributed by atoms with van der Waals surface area (Å²) in [5.74, 6) is -0.279. The van der Waals surface area contributed by atoms with Crippen molar-refractivity contribution in [2.75, 3.05) is 38.0 Å². The molecule has 1 aromatic carbocycles. The number of hydrogen-bond acceptors (Lipinski definition) is 6. The summed E-state index contributed by atoms with van der Waals surface area (Å²) < 4.78 is 25.9. The third kappa shape index (κ3) is 4.33. The highest BCUT2D eigenvalue weighted by Gasteiger charge is 2.41. The van der Waals surface area contributed by atoms with Gasteiger partial charge in [0.1, 0.15) is 0 Å². The van der Waals surface area contributed by atoms with Crippen LogP contribution in [0.4, 0.5) is 11.4 Å². The number of benzene rings is 1. The largest absolute Gasteiger partial charge is 0.325 e. The summed E-state index contributed by atoms with van der Waals surface area (Å²) in [7, 11) is -3.16. The van der Waals surface area contributed by atoms with Crippen LogP contribution in [0.2, 0.25) is 0 Å². The number of nitrogens with one attached hydrogen (secondary N) is 1. The number of rotatable bonds is 6. The normalized spacial score (nSPS) is 19.5. The first-order valence-electron chi connectivity index (χ1n) is 8.12. The molecule has 1 aromatic rings. The van der Waals surface area contributed by atoms with E-state index in [1.54, 1.807) is 6.07 Å². The first kappa shape index (κ1) is 17.8. The maximum atomic E-state index is 12.2. The van der Waals surface area contributed by atoms with Crippen molar-refractivity contribution in [1.29, 1.82) is 0 Å². The van der Waals surface area contributed by atoms with Crippen LogP contribution in [0.15, 0.2) is 24.3 Å². The highest BCUT2D eigenvalue weighted by molar-refractivity contribution is 7.90. The monoisotopic (exact) mass is 368 g/mol. The van der Waals surface area contributed by atoms with Gasteiger partial charge in [-0.15, -0.1) is 0 Å². The molecule has 0 radical (unpaired) electrons. The summed E-state index contributed by atoms with van der Waals surface area (Å²) in [5, 5.41) is 13.2. The molecule has 1 saturated heterocycles. The Kier molecular flexibility index (Phi) is 5.02. The molecular weight excluding hydrogens is 348 g/mol. The van der Waals surface area contributed by atoms with Crippen LogP contribution in [0.3, 0.4) is 0 Å².